The normalized spacial score (nSPS) is 19.3. The van der Waals surface area contributed by atoms with E-state index in [2.05, 4.69) is 6.92 Å². The molecule has 0 saturated carbocycles. The summed E-state index contributed by atoms with van der Waals surface area (Å²) in [6.07, 6.45) is 7.86. The summed E-state index contributed by atoms with van der Waals surface area (Å²) < 4.78 is 4.75. The Hall–Kier alpha value is -1.18. The largest absolute Gasteiger partial charge is 0.481 e. The van der Waals surface area contributed by atoms with Gasteiger partial charge in [-0.2, -0.15) is 0 Å². The third kappa shape index (κ3) is 1.70. The molecule has 0 amide bonds. The Balaban J connectivity index is 2.79. The van der Waals surface area contributed by atoms with Crippen molar-refractivity contribution in [2.24, 2.45) is 0 Å². The highest BCUT2D eigenvalue weighted by Gasteiger charge is 2.11. The lowest BCUT2D eigenvalue weighted by atomic mass is 10.1. The van der Waals surface area contributed by atoms with Crippen LogP contribution in [0.1, 0.15) is 19.8 Å². The van der Waals surface area contributed by atoms with Crippen LogP contribution in [0.3, 0.4) is 0 Å². The van der Waals surface area contributed by atoms with Gasteiger partial charge in [0.1, 0.15) is 0 Å². The van der Waals surface area contributed by atoms with Gasteiger partial charge in [-0.25, -0.2) is 0 Å². The van der Waals surface area contributed by atoms with Gasteiger partial charge in [-0.15, -0.1) is 0 Å². The molecule has 2 heteroatoms. The van der Waals surface area contributed by atoms with Gasteiger partial charge in [0, 0.05) is 0 Å². The van der Waals surface area contributed by atoms with Crippen molar-refractivity contribution in [3.63, 3.8) is 0 Å². The van der Waals surface area contributed by atoms with Crippen molar-refractivity contribution in [3.05, 3.63) is 35.3 Å². The molecule has 1 rings (SSSR count). The van der Waals surface area contributed by atoms with Gasteiger partial charge in [0.15, 0.2) is 0 Å². The lowest BCUT2D eigenvalue weighted by Gasteiger charge is -2.05. The zero-order valence-electron chi connectivity index (χ0n) is 7.50. The minimum absolute atomic E-state index is 0.0171. The second kappa shape index (κ2) is 4.00. The molecular weight excluding hydrogens is 152 g/mol. The second-order valence-corrected chi connectivity index (χ2v) is 2.72. The third-order valence-electron chi connectivity index (χ3n) is 1.85. The van der Waals surface area contributed by atoms with E-state index in [1.807, 2.05) is 18.2 Å². The van der Waals surface area contributed by atoms with Crippen molar-refractivity contribution in [1.82, 2.24) is 0 Å². The average molecular weight is 166 g/mol. The maximum Gasteiger partial charge on any atom is 0.284 e. The van der Waals surface area contributed by atoms with Gasteiger partial charge in [-0.3, -0.25) is 0 Å². The summed E-state index contributed by atoms with van der Waals surface area (Å²) in [6.45, 7) is 2.11. The van der Waals surface area contributed by atoms with E-state index in [0.717, 1.165) is 24.0 Å². The van der Waals surface area contributed by atoms with Crippen LogP contribution in [-0.4, -0.2) is 12.2 Å². The lowest BCUT2D eigenvalue weighted by molar-refractivity contribution is 0.133. The number of allylic oxidation sites excluding steroid dienone is 5. The van der Waals surface area contributed by atoms with Crippen LogP contribution in [-0.2, 0) is 4.74 Å². The average Bonchev–Trinajstić information content (AvgIpc) is 2.52. The van der Waals surface area contributed by atoms with E-state index in [1.54, 1.807) is 0 Å². The van der Waals surface area contributed by atoms with Crippen LogP contribution in [0.5, 0.6) is 0 Å². The Labute approximate surface area is 72.9 Å². The van der Waals surface area contributed by atoms with Crippen molar-refractivity contribution >= 4 is 0 Å². The number of methoxy groups -OCH3 is 1. The van der Waals surface area contributed by atoms with E-state index < -0.39 is 0 Å². The molecule has 0 radical (unpaired) electrons. The van der Waals surface area contributed by atoms with Crippen LogP contribution < -0.4 is 0 Å². The minimum atomic E-state index is 0.0171. The summed E-state index contributed by atoms with van der Waals surface area (Å²) in [6, 6.07) is 0. The van der Waals surface area contributed by atoms with Crippen LogP contribution in [0.4, 0.5) is 0 Å². The quantitative estimate of drug-likeness (QED) is 0.653. The topological polar surface area (TPSA) is 29.5 Å². The van der Waals surface area contributed by atoms with E-state index in [1.165, 1.54) is 7.11 Å². The number of aliphatic hydroxyl groups is 1. The van der Waals surface area contributed by atoms with E-state index in [4.69, 9.17) is 4.74 Å². The van der Waals surface area contributed by atoms with Gasteiger partial charge in [-0.1, -0.05) is 25.5 Å². The van der Waals surface area contributed by atoms with Gasteiger partial charge >= 0.3 is 0 Å². The van der Waals surface area contributed by atoms with Crippen molar-refractivity contribution in [2.75, 3.05) is 7.11 Å². The fourth-order valence-electron chi connectivity index (χ4n) is 1.26. The minimum Gasteiger partial charge on any atom is -0.481 e. The molecule has 1 aliphatic rings. The highest BCUT2D eigenvalue weighted by Crippen LogP contribution is 2.24. The lowest BCUT2D eigenvalue weighted by Crippen LogP contribution is -1.93. The number of aliphatic hydroxyl groups excluding tert-OH is 1. The van der Waals surface area contributed by atoms with Gasteiger partial charge in [0.25, 0.3) is 5.95 Å². The molecule has 0 fully saturated rings. The van der Waals surface area contributed by atoms with E-state index in [9.17, 15) is 5.11 Å². The predicted octanol–water partition coefficient (Wildman–Crippen LogP) is 2.70. The first-order chi connectivity index (χ1) is 5.79. The van der Waals surface area contributed by atoms with Gasteiger partial charge in [-0.05, 0) is 18.1 Å². The van der Waals surface area contributed by atoms with Crippen molar-refractivity contribution in [2.45, 2.75) is 19.8 Å². The Bertz CT molecular complexity index is 247. The first-order valence-electron chi connectivity index (χ1n) is 4.14. The van der Waals surface area contributed by atoms with Crippen LogP contribution in [0.25, 0.3) is 0 Å². The highest BCUT2D eigenvalue weighted by molar-refractivity contribution is 5.48. The molecule has 0 unspecified atom stereocenters. The molecule has 1 aliphatic carbocycles. The summed E-state index contributed by atoms with van der Waals surface area (Å²) in [7, 11) is 1.47. The van der Waals surface area contributed by atoms with Crippen molar-refractivity contribution in [1.29, 1.82) is 0 Å². The fourth-order valence-corrected chi connectivity index (χ4v) is 1.26. The molecule has 0 aliphatic heterocycles. The summed E-state index contributed by atoms with van der Waals surface area (Å²) >= 11 is 0. The molecule has 0 aromatic heterocycles. The first-order valence-corrected chi connectivity index (χ1v) is 4.14. The summed E-state index contributed by atoms with van der Waals surface area (Å²) in [4.78, 5) is 0. The molecule has 0 aromatic carbocycles. The summed E-state index contributed by atoms with van der Waals surface area (Å²) in [5.41, 5.74) is 1.97. The van der Waals surface area contributed by atoms with E-state index in [-0.39, 0.29) is 5.95 Å². The monoisotopic (exact) mass is 166 g/mol. The highest BCUT2D eigenvalue weighted by atomic mass is 16.6. The molecule has 0 atom stereocenters. The number of rotatable bonds is 3. The van der Waals surface area contributed by atoms with Gasteiger partial charge < -0.3 is 9.84 Å². The zero-order chi connectivity index (χ0) is 8.97. The summed E-state index contributed by atoms with van der Waals surface area (Å²) in [5.74, 6) is 0.0171. The Morgan fingerprint density at radius 3 is 2.92 bits per heavy atom. The number of hydrogen-bond donors (Lipinski definition) is 1. The molecule has 0 spiro atoms. The second-order valence-electron chi connectivity index (χ2n) is 2.72. The third-order valence-corrected chi connectivity index (χ3v) is 1.85. The van der Waals surface area contributed by atoms with Crippen molar-refractivity contribution in [3.8, 4) is 0 Å². The molecule has 12 heavy (non-hydrogen) atoms. The maximum absolute atomic E-state index is 9.32. The summed E-state index contributed by atoms with van der Waals surface area (Å²) in [5, 5.41) is 9.32. The number of hydrogen-bond acceptors (Lipinski definition) is 2. The molecule has 0 aromatic rings. The molecule has 2 nitrogen and oxygen atoms in total. The van der Waals surface area contributed by atoms with Crippen LogP contribution in [0.2, 0.25) is 0 Å². The van der Waals surface area contributed by atoms with E-state index in [0.29, 0.717) is 0 Å². The molecule has 1 N–H and O–H groups in total. The Kier molecular flexibility index (Phi) is 2.97. The predicted molar refractivity (Wildman–Crippen MR) is 48.8 cm³/mol. The molecular formula is C10H14O2. The Morgan fingerprint density at radius 2 is 2.33 bits per heavy atom. The molecule has 0 bridgehead atoms. The molecule has 66 valence electrons. The standard InChI is InChI=1S/C10H14O2/c1-3-5-8-6-4-7-9(8)10(11)12-2/h4,6-7,11H,3,5H2,1-2H3/b10-9+. The zero-order valence-corrected chi connectivity index (χ0v) is 7.50. The fraction of sp³-hybridized carbons (Fsp3) is 0.400. The van der Waals surface area contributed by atoms with E-state index >= 15 is 0 Å². The number of ether oxygens (including phenoxy) is 1. The van der Waals surface area contributed by atoms with Crippen LogP contribution in [0, 0.1) is 0 Å². The maximum atomic E-state index is 9.32. The van der Waals surface area contributed by atoms with Gasteiger partial charge in [0.05, 0.1) is 12.7 Å². The SMILES string of the molecule is CCCC1=CC=C/C1=C(/O)OC. The molecule has 0 saturated heterocycles. The molecule has 0 heterocycles. The van der Waals surface area contributed by atoms with Crippen LogP contribution >= 0.6 is 0 Å². The smallest absolute Gasteiger partial charge is 0.284 e. The van der Waals surface area contributed by atoms with Crippen LogP contribution in [0.15, 0.2) is 35.3 Å². The van der Waals surface area contributed by atoms with Gasteiger partial charge in [0.2, 0.25) is 0 Å². The Morgan fingerprint density at radius 1 is 1.58 bits per heavy atom. The first kappa shape index (κ1) is 8.91. The van der Waals surface area contributed by atoms with Crippen molar-refractivity contribution < 1.29 is 9.84 Å².